The summed E-state index contributed by atoms with van der Waals surface area (Å²) in [5, 5.41) is 3.05. The normalized spacial score (nSPS) is 12.8. The summed E-state index contributed by atoms with van der Waals surface area (Å²) in [6.07, 6.45) is 2.55. The summed E-state index contributed by atoms with van der Waals surface area (Å²) in [7, 11) is 3.23. The van der Waals surface area contributed by atoms with Gasteiger partial charge in [-0.05, 0) is 25.9 Å². The van der Waals surface area contributed by atoms with E-state index < -0.39 is 0 Å². The van der Waals surface area contributed by atoms with Crippen molar-refractivity contribution in [3.63, 3.8) is 0 Å². The highest BCUT2D eigenvalue weighted by atomic mass is 127. The van der Waals surface area contributed by atoms with Gasteiger partial charge in [-0.3, -0.25) is 0 Å². The summed E-state index contributed by atoms with van der Waals surface area (Å²) in [5.74, 6) is 0.359. The first-order chi connectivity index (χ1) is 5.85. The van der Waals surface area contributed by atoms with Crippen LogP contribution in [0.4, 0.5) is 0 Å². The zero-order chi connectivity index (χ0) is 9.23. The van der Waals surface area contributed by atoms with Crippen LogP contribution in [0.2, 0.25) is 0 Å². The molecule has 1 unspecified atom stereocenters. The topological polar surface area (TPSA) is 38.3 Å². The van der Waals surface area contributed by atoms with Gasteiger partial charge in [0.05, 0.1) is 15.8 Å². The van der Waals surface area contributed by atoms with Gasteiger partial charge in [-0.2, -0.15) is 0 Å². The van der Waals surface area contributed by atoms with Crippen LogP contribution in [0.5, 0.6) is 0 Å². The molecule has 0 aromatic heterocycles. The number of rotatable bonds is 8. The van der Waals surface area contributed by atoms with Gasteiger partial charge in [0.1, 0.15) is 6.29 Å². The van der Waals surface area contributed by atoms with E-state index in [0.29, 0.717) is 18.9 Å². The Morgan fingerprint density at radius 3 is 3.00 bits per heavy atom. The van der Waals surface area contributed by atoms with Crippen molar-refractivity contribution < 1.29 is 8.98 Å². The Bertz CT molecular complexity index is 108. The first kappa shape index (κ1) is 12.7. The number of halogens is 1. The lowest BCUT2D eigenvalue weighted by molar-refractivity contribution is -0.108. The molecule has 0 amide bonds. The molecule has 0 radical (unpaired) electrons. The maximum Gasteiger partial charge on any atom is 0.120 e. The van der Waals surface area contributed by atoms with Crippen molar-refractivity contribution in [3.05, 3.63) is 0 Å². The van der Waals surface area contributed by atoms with Gasteiger partial charge >= 0.3 is 0 Å². The molecule has 0 aliphatic heterocycles. The van der Waals surface area contributed by atoms with Crippen LogP contribution in [0.1, 0.15) is 12.8 Å². The average Bonchev–Trinajstić information content (AvgIpc) is 2.10. The number of nitrogens with one attached hydrogen (secondary N) is 1. The van der Waals surface area contributed by atoms with E-state index in [1.807, 2.05) is 7.05 Å². The Hall–Kier alpha value is 0.670. The smallest absolute Gasteiger partial charge is 0.120 e. The Morgan fingerprint density at radius 2 is 2.50 bits per heavy atom. The summed E-state index contributed by atoms with van der Waals surface area (Å²) < 4.78 is 5.16. The van der Waals surface area contributed by atoms with E-state index in [4.69, 9.17) is 4.18 Å². The van der Waals surface area contributed by atoms with Crippen molar-refractivity contribution in [2.45, 2.75) is 12.8 Å². The molecule has 12 heavy (non-hydrogen) atoms. The van der Waals surface area contributed by atoms with Crippen molar-refractivity contribution in [3.8, 4) is 0 Å². The Balaban J connectivity index is 3.46. The van der Waals surface area contributed by atoms with Crippen molar-refractivity contribution >= 4 is 36.7 Å². The molecule has 0 fully saturated rings. The van der Waals surface area contributed by atoms with E-state index in [0.717, 1.165) is 19.3 Å². The van der Waals surface area contributed by atoms with Crippen LogP contribution >= 0.6 is 30.4 Å². The van der Waals surface area contributed by atoms with E-state index in [1.54, 1.807) is 0 Å². The maximum absolute atomic E-state index is 10.3. The number of hydrogen-bond donors (Lipinski definition) is 1. The summed E-state index contributed by atoms with van der Waals surface area (Å²) in [4.78, 5) is 10.3. The lowest BCUT2D eigenvalue weighted by atomic mass is 10.0. The zero-order valence-electron chi connectivity index (χ0n) is 7.09. The molecule has 0 aliphatic carbocycles. The number of carbonyl (C=O) groups is 1. The molecule has 3 nitrogen and oxygen atoms in total. The Morgan fingerprint density at radius 1 is 1.75 bits per heavy atom. The Kier molecular flexibility index (Phi) is 10.3. The highest BCUT2D eigenvalue weighted by molar-refractivity contribution is 14.2. The molecule has 0 bridgehead atoms. The first-order valence-electron chi connectivity index (χ1n) is 3.83. The van der Waals surface area contributed by atoms with Crippen LogP contribution in [0, 0.1) is 5.92 Å². The van der Waals surface area contributed by atoms with Crippen LogP contribution in [-0.2, 0) is 8.98 Å². The van der Waals surface area contributed by atoms with Crippen LogP contribution < -0.4 is 5.32 Å². The molecule has 0 rings (SSSR count). The molecule has 0 saturated heterocycles. The van der Waals surface area contributed by atoms with Crippen LogP contribution in [0.25, 0.3) is 0 Å². The molecular formula is C7H14INO2S. The van der Waals surface area contributed by atoms with Crippen LogP contribution in [-0.4, -0.2) is 26.5 Å². The molecule has 0 aliphatic rings. The molecule has 0 aromatic carbocycles. The third-order valence-corrected chi connectivity index (χ3v) is 2.57. The minimum absolute atomic E-state index is 0.359. The summed E-state index contributed by atoms with van der Waals surface area (Å²) >= 11 is 2.08. The molecule has 0 aromatic rings. The Labute approximate surface area is 89.8 Å². The van der Waals surface area contributed by atoms with E-state index in [1.165, 1.54) is 9.21 Å². The monoisotopic (exact) mass is 303 g/mol. The van der Waals surface area contributed by atoms with Gasteiger partial charge in [0.2, 0.25) is 0 Å². The number of hydrogen-bond acceptors (Lipinski definition) is 4. The van der Waals surface area contributed by atoms with E-state index in [2.05, 4.69) is 26.5 Å². The maximum atomic E-state index is 10.3. The van der Waals surface area contributed by atoms with Gasteiger partial charge in [0.25, 0.3) is 0 Å². The highest BCUT2D eigenvalue weighted by Crippen LogP contribution is 2.16. The second-order valence-electron chi connectivity index (χ2n) is 2.51. The molecule has 5 heteroatoms. The van der Waals surface area contributed by atoms with E-state index in [-0.39, 0.29) is 0 Å². The molecule has 0 spiro atoms. The van der Waals surface area contributed by atoms with Crippen molar-refractivity contribution in [1.29, 1.82) is 0 Å². The molecule has 72 valence electrons. The SMILES string of the molecule is CNCCC(CC=O)COSI. The van der Waals surface area contributed by atoms with Crippen molar-refractivity contribution in [2.24, 2.45) is 5.92 Å². The third kappa shape index (κ3) is 7.33. The van der Waals surface area contributed by atoms with Crippen molar-refractivity contribution in [1.82, 2.24) is 5.32 Å². The van der Waals surface area contributed by atoms with Crippen LogP contribution in [0.3, 0.4) is 0 Å². The number of carbonyl (C=O) groups excluding carboxylic acids is 1. The minimum Gasteiger partial charge on any atom is -0.320 e. The van der Waals surface area contributed by atoms with Gasteiger partial charge in [0, 0.05) is 27.6 Å². The highest BCUT2D eigenvalue weighted by Gasteiger charge is 2.07. The van der Waals surface area contributed by atoms with Gasteiger partial charge in [-0.1, -0.05) is 0 Å². The largest absolute Gasteiger partial charge is 0.320 e. The fourth-order valence-corrected chi connectivity index (χ4v) is 1.56. The number of aldehydes is 1. The summed E-state index contributed by atoms with van der Waals surface area (Å²) in [5.41, 5.74) is 0. The standard InChI is InChI=1S/C7H14INO2S/c1-9-4-2-7(3-5-10)6-11-12-8/h5,7,9H,2-4,6H2,1H3. The van der Waals surface area contributed by atoms with Gasteiger partial charge in [-0.25, -0.2) is 0 Å². The summed E-state index contributed by atoms with van der Waals surface area (Å²) in [6, 6.07) is 0. The quantitative estimate of drug-likeness (QED) is 0.422. The van der Waals surface area contributed by atoms with Crippen molar-refractivity contribution in [2.75, 3.05) is 20.2 Å². The minimum atomic E-state index is 0.359. The first-order valence-corrected chi connectivity index (χ1v) is 7.12. The summed E-state index contributed by atoms with van der Waals surface area (Å²) in [6.45, 7) is 1.60. The molecule has 0 heterocycles. The van der Waals surface area contributed by atoms with Gasteiger partial charge < -0.3 is 14.3 Å². The lowest BCUT2D eigenvalue weighted by Gasteiger charge is -2.11. The van der Waals surface area contributed by atoms with Crippen LogP contribution in [0.15, 0.2) is 0 Å². The average molecular weight is 303 g/mol. The molecule has 0 saturated carbocycles. The predicted molar refractivity (Wildman–Crippen MR) is 60.3 cm³/mol. The third-order valence-electron chi connectivity index (χ3n) is 1.58. The van der Waals surface area contributed by atoms with E-state index >= 15 is 0 Å². The fourth-order valence-electron chi connectivity index (χ4n) is 0.876. The van der Waals surface area contributed by atoms with Gasteiger partial charge in [0.15, 0.2) is 0 Å². The molecule has 1 atom stereocenters. The predicted octanol–water partition coefficient (Wildman–Crippen LogP) is 1.82. The van der Waals surface area contributed by atoms with E-state index in [9.17, 15) is 4.79 Å². The second-order valence-corrected chi connectivity index (χ2v) is 3.95. The second kappa shape index (κ2) is 9.76. The molecule has 1 N–H and O–H groups in total. The zero-order valence-corrected chi connectivity index (χ0v) is 10.1. The van der Waals surface area contributed by atoms with Gasteiger partial charge in [-0.15, -0.1) is 0 Å². The fraction of sp³-hybridized carbons (Fsp3) is 0.857. The lowest BCUT2D eigenvalue weighted by Crippen LogP contribution is -2.16. The molecular weight excluding hydrogens is 289 g/mol.